The fourth-order valence-corrected chi connectivity index (χ4v) is 14.4. The van der Waals surface area contributed by atoms with Crippen molar-refractivity contribution in [2.45, 2.75) is 465 Å². The first-order chi connectivity index (χ1) is 48.3. The summed E-state index contributed by atoms with van der Waals surface area (Å²) < 4.78 is 34.6. The highest BCUT2D eigenvalue weighted by atomic mass is 16.8. The van der Waals surface area contributed by atoms with Crippen LogP contribution >= 0.6 is 0 Å². The molecule has 3 rings (SSSR count). The zero-order chi connectivity index (χ0) is 71.8. The van der Waals surface area contributed by atoms with Gasteiger partial charge in [0.15, 0.2) is 18.9 Å². The summed E-state index contributed by atoms with van der Waals surface area (Å²) in [7, 11) is 0. The molecule has 17 unspecified atom stereocenters. The van der Waals surface area contributed by atoms with Crippen LogP contribution in [0.4, 0.5) is 0 Å². The molecular weight excluding hydrogens is 1260 g/mol. The molecular formula is C80H153NO18. The van der Waals surface area contributed by atoms with Gasteiger partial charge in [-0.1, -0.05) is 328 Å². The van der Waals surface area contributed by atoms with Crippen LogP contribution in [0.3, 0.4) is 0 Å². The number of hydrogen-bond acceptors (Lipinski definition) is 18. The van der Waals surface area contributed by atoms with Gasteiger partial charge in [-0.25, -0.2) is 0 Å². The number of unbranched alkanes of at least 4 members (excludes halogenated alkanes) is 49. The van der Waals surface area contributed by atoms with E-state index in [4.69, 9.17) is 28.4 Å². The van der Waals surface area contributed by atoms with E-state index in [0.29, 0.717) is 12.8 Å². The van der Waals surface area contributed by atoms with Crippen LogP contribution in [0.2, 0.25) is 0 Å². The minimum Gasteiger partial charge on any atom is -0.394 e. The van der Waals surface area contributed by atoms with Crippen molar-refractivity contribution in [3.63, 3.8) is 0 Å². The molecule has 0 aromatic heterocycles. The van der Waals surface area contributed by atoms with Crippen molar-refractivity contribution in [1.29, 1.82) is 0 Å². The van der Waals surface area contributed by atoms with Crippen molar-refractivity contribution in [3.8, 4) is 0 Å². The second-order valence-electron chi connectivity index (χ2n) is 29.9. The molecule has 99 heavy (non-hydrogen) atoms. The van der Waals surface area contributed by atoms with Gasteiger partial charge in [0.1, 0.15) is 73.2 Å². The minimum atomic E-state index is -1.97. The number of aliphatic hydroxyl groups excluding tert-OH is 11. The van der Waals surface area contributed by atoms with Gasteiger partial charge in [-0.2, -0.15) is 0 Å². The van der Waals surface area contributed by atoms with Crippen LogP contribution in [0.5, 0.6) is 0 Å². The monoisotopic (exact) mass is 1420 g/mol. The molecule has 19 nitrogen and oxygen atoms in total. The Bertz CT molecular complexity index is 1840. The molecule has 0 spiro atoms. The largest absolute Gasteiger partial charge is 0.394 e. The van der Waals surface area contributed by atoms with Crippen LogP contribution in [0.15, 0.2) is 12.2 Å². The van der Waals surface area contributed by atoms with Crippen molar-refractivity contribution >= 4 is 5.91 Å². The molecule has 3 aliphatic rings. The summed E-state index contributed by atoms with van der Waals surface area (Å²) >= 11 is 0. The van der Waals surface area contributed by atoms with Gasteiger partial charge in [0.2, 0.25) is 5.91 Å². The number of carbonyl (C=O) groups is 1. The smallest absolute Gasteiger partial charge is 0.220 e. The maximum atomic E-state index is 13.5. The molecule has 17 atom stereocenters. The van der Waals surface area contributed by atoms with Gasteiger partial charge < -0.3 is 89.9 Å². The summed E-state index contributed by atoms with van der Waals surface area (Å²) in [5, 5.41) is 121. The molecule has 1 amide bonds. The van der Waals surface area contributed by atoms with E-state index >= 15 is 0 Å². The van der Waals surface area contributed by atoms with E-state index in [2.05, 4.69) is 31.3 Å². The standard InChI is InChI=1S/C80H153NO18/c1-3-5-7-9-11-13-15-17-19-21-23-25-27-29-30-31-32-34-36-38-40-42-44-46-48-50-52-54-56-58-68(86)81-63(64(85)57-55-53-51-49-47-45-43-41-39-37-35-33-28-26-24-22-20-18-16-14-12-10-8-6-4-2)62-94-78-74(92)71(89)76(66(60-83)96-78)99-80-75(93)72(90)77(67(61-84)97-80)98-79-73(91)70(88)69(87)65(59-82)95-79/h21,23,63-67,69-80,82-85,87-93H,3-20,22,24-62H2,1-2H3,(H,81,86)/b23-21-. The third kappa shape index (κ3) is 41.9. The Morgan fingerprint density at radius 2 is 0.636 bits per heavy atom. The summed E-state index contributed by atoms with van der Waals surface area (Å²) in [6, 6.07) is -0.885. The predicted molar refractivity (Wildman–Crippen MR) is 393 cm³/mol. The average molecular weight is 1420 g/mol. The zero-order valence-electron chi connectivity index (χ0n) is 62.8. The second kappa shape index (κ2) is 61.7. The Hall–Kier alpha value is -1.47. The van der Waals surface area contributed by atoms with E-state index in [1.165, 1.54) is 283 Å². The van der Waals surface area contributed by atoms with E-state index in [9.17, 15) is 61.0 Å². The fourth-order valence-electron chi connectivity index (χ4n) is 14.4. The third-order valence-corrected chi connectivity index (χ3v) is 21.1. The Labute approximate surface area is 601 Å². The lowest BCUT2D eigenvalue weighted by Crippen LogP contribution is -2.66. The number of nitrogens with one attached hydrogen (secondary N) is 1. The highest BCUT2D eigenvalue weighted by Gasteiger charge is 2.54. The Morgan fingerprint density at radius 3 is 0.980 bits per heavy atom. The van der Waals surface area contributed by atoms with Gasteiger partial charge in [0.05, 0.1) is 38.6 Å². The van der Waals surface area contributed by atoms with Gasteiger partial charge in [-0.15, -0.1) is 0 Å². The van der Waals surface area contributed by atoms with E-state index in [0.717, 1.165) is 44.9 Å². The molecule has 0 aliphatic carbocycles. The molecule has 0 radical (unpaired) electrons. The van der Waals surface area contributed by atoms with Crippen molar-refractivity contribution < 1.29 is 89.4 Å². The number of amides is 1. The highest BCUT2D eigenvalue weighted by Crippen LogP contribution is 2.33. The molecule has 0 aromatic rings. The molecule has 0 saturated carbocycles. The second-order valence-corrected chi connectivity index (χ2v) is 29.9. The zero-order valence-corrected chi connectivity index (χ0v) is 62.8. The quantitative estimate of drug-likeness (QED) is 0.0199. The predicted octanol–water partition coefficient (Wildman–Crippen LogP) is 14.0. The van der Waals surface area contributed by atoms with Gasteiger partial charge in [0, 0.05) is 6.42 Å². The lowest BCUT2D eigenvalue weighted by molar-refractivity contribution is -0.379. The summed E-state index contributed by atoms with van der Waals surface area (Å²) in [5.74, 6) is -0.234. The lowest BCUT2D eigenvalue weighted by atomic mass is 9.96. The maximum absolute atomic E-state index is 13.5. The van der Waals surface area contributed by atoms with Crippen molar-refractivity contribution in [1.82, 2.24) is 5.32 Å². The first kappa shape index (κ1) is 91.7. The normalized spacial score (nSPS) is 26.6. The SMILES string of the molecule is CCCCCCCCCC/C=C\CCCCCCCCCCCCCCCCCCCC(=O)NC(COC1OC(CO)C(OC2OC(CO)C(OC3OC(CO)C(O)C(O)C3O)C(O)C2O)C(O)C1O)C(O)CCCCCCCCCCCCCCCCCCCCCCCCCCC. The van der Waals surface area contributed by atoms with Crippen LogP contribution in [0, 0.1) is 0 Å². The third-order valence-electron chi connectivity index (χ3n) is 21.1. The van der Waals surface area contributed by atoms with Crippen molar-refractivity contribution in [2.75, 3.05) is 26.4 Å². The Balaban J connectivity index is 1.36. The van der Waals surface area contributed by atoms with Crippen LogP contribution in [-0.4, -0.2) is 193 Å². The molecule has 3 saturated heterocycles. The number of rotatable bonds is 67. The summed E-state index contributed by atoms with van der Waals surface area (Å²) in [5.41, 5.74) is 0. The molecule has 12 N–H and O–H groups in total. The Kier molecular flexibility index (Phi) is 57.1. The molecule has 0 bridgehead atoms. The topological polar surface area (TPSA) is 307 Å². The highest BCUT2D eigenvalue weighted by molar-refractivity contribution is 5.76. The number of hydrogen-bond donors (Lipinski definition) is 12. The Morgan fingerprint density at radius 1 is 0.354 bits per heavy atom. The number of ether oxygens (including phenoxy) is 6. The first-order valence-corrected chi connectivity index (χ1v) is 41.4. The number of allylic oxidation sites excluding steroid dienone is 2. The molecule has 3 heterocycles. The van der Waals surface area contributed by atoms with Crippen molar-refractivity contribution in [3.05, 3.63) is 12.2 Å². The molecule has 3 fully saturated rings. The summed E-state index contributed by atoms with van der Waals surface area (Å²) in [6.45, 7) is 1.87. The molecule has 586 valence electrons. The van der Waals surface area contributed by atoms with Crippen LogP contribution in [0.25, 0.3) is 0 Å². The van der Waals surface area contributed by atoms with E-state index < -0.39 is 124 Å². The van der Waals surface area contributed by atoms with Gasteiger partial charge in [-0.3, -0.25) is 4.79 Å². The number of aliphatic hydroxyl groups is 11. The number of carbonyl (C=O) groups excluding carboxylic acids is 1. The summed E-state index contributed by atoms with van der Waals surface area (Å²) in [6.07, 6.45) is 45.9. The lowest BCUT2D eigenvalue weighted by Gasteiger charge is -2.48. The average Bonchev–Trinajstić information content (AvgIpc) is 0.785. The van der Waals surface area contributed by atoms with Crippen LogP contribution < -0.4 is 5.32 Å². The maximum Gasteiger partial charge on any atom is 0.220 e. The first-order valence-electron chi connectivity index (χ1n) is 41.4. The fraction of sp³-hybridized carbons (Fsp3) is 0.963. The van der Waals surface area contributed by atoms with E-state index in [1.54, 1.807) is 0 Å². The van der Waals surface area contributed by atoms with Gasteiger partial charge in [0.25, 0.3) is 0 Å². The molecule has 3 aliphatic heterocycles. The van der Waals surface area contributed by atoms with E-state index in [1.807, 2.05) is 0 Å². The van der Waals surface area contributed by atoms with Gasteiger partial charge in [-0.05, 0) is 38.5 Å². The van der Waals surface area contributed by atoms with Crippen LogP contribution in [0.1, 0.15) is 361 Å². The molecule has 19 heteroatoms. The molecule has 0 aromatic carbocycles. The van der Waals surface area contributed by atoms with Crippen molar-refractivity contribution in [2.24, 2.45) is 0 Å². The minimum absolute atomic E-state index is 0.234. The summed E-state index contributed by atoms with van der Waals surface area (Å²) in [4.78, 5) is 13.5. The van der Waals surface area contributed by atoms with E-state index in [-0.39, 0.29) is 18.9 Å². The van der Waals surface area contributed by atoms with Crippen LogP contribution in [-0.2, 0) is 33.2 Å². The van der Waals surface area contributed by atoms with Gasteiger partial charge >= 0.3 is 0 Å².